The molecule has 1 aromatic heterocycles. The van der Waals surface area contributed by atoms with E-state index < -0.39 is 0 Å². The molecule has 14 rings (SSSR count). The first-order chi connectivity index (χ1) is 30.2. The van der Waals surface area contributed by atoms with Gasteiger partial charge >= 0.3 is 0 Å². The third-order valence-electron chi connectivity index (χ3n) is 13.6. The zero-order chi connectivity index (χ0) is 39.8. The predicted octanol–water partition coefficient (Wildman–Crippen LogP) is 17.2. The second-order valence-corrected chi connectivity index (χ2v) is 16.8. The highest BCUT2D eigenvalue weighted by Crippen LogP contribution is 2.45. The van der Waals surface area contributed by atoms with Crippen LogP contribution in [0.3, 0.4) is 0 Å². The van der Waals surface area contributed by atoms with Gasteiger partial charge in [-0.25, -0.2) is 0 Å². The van der Waals surface area contributed by atoms with Crippen molar-refractivity contribution in [3.05, 3.63) is 206 Å². The molecular weight excluding hydrogens is 737 g/mol. The van der Waals surface area contributed by atoms with Crippen molar-refractivity contribution in [1.82, 2.24) is 0 Å². The van der Waals surface area contributed by atoms with Gasteiger partial charge in [0.1, 0.15) is 11.2 Å². The molecule has 0 atom stereocenters. The second kappa shape index (κ2) is 12.3. The van der Waals surface area contributed by atoms with E-state index in [0.717, 1.165) is 33.1 Å². The zero-order valence-electron chi connectivity index (χ0n) is 33.0. The topological polar surface area (TPSA) is 13.1 Å². The lowest BCUT2D eigenvalue weighted by Gasteiger charge is -2.15. The molecule has 1 nitrogen and oxygen atoms in total. The van der Waals surface area contributed by atoms with Crippen molar-refractivity contribution in [2.45, 2.75) is 0 Å². The lowest BCUT2D eigenvalue weighted by atomic mass is 9.89. The Morgan fingerprint density at radius 2 is 0.672 bits per heavy atom. The number of hydrogen-bond acceptors (Lipinski definition) is 1. The summed E-state index contributed by atoms with van der Waals surface area (Å²) in [5.41, 5.74) is 11.4. The molecule has 0 saturated carbocycles. The first-order valence-electron chi connectivity index (χ1n) is 21.1. The standard InChI is InChI=1S/C60H34O/c1-2-10-54-52(9-1)59-49-30-27-45(35-11-13-36(14-12-35)47-28-23-43-21-19-39-5-3-7-41-25-31-50(47)57(43)55(39)41)33-46(49)34-53(60(59)61-54)38-17-15-37(16-18-38)48-29-24-44-22-20-40-6-4-8-42-26-32-51(48)58(44)56(40)42/h1-34H. The molecule has 0 bridgehead atoms. The summed E-state index contributed by atoms with van der Waals surface area (Å²) in [6.45, 7) is 0. The summed E-state index contributed by atoms with van der Waals surface area (Å²) in [5.74, 6) is 0. The lowest BCUT2D eigenvalue weighted by Crippen LogP contribution is -1.88. The maximum absolute atomic E-state index is 6.72. The van der Waals surface area contributed by atoms with Crippen molar-refractivity contribution in [3.63, 3.8) is 0 Å². The summed E-state index contributed by atoms with van der Waals surface area (Å²) in [6, 6.07) is 76.3. The van der Waals surface area contributed by atoms with Crippen LogP contribution >= 0.6 is 0 Å². The van der Waals surface area contributed by atoms with Gasteiger partial charge in [-0.1, -0.05) is 188 Å². The maximum Gasteiger partial charge on any atom is 0.143 e. The quantitative estimate of drug-likeness (QED) is 0.162. The van der Waals surface area contributed by atoms with E-state index >= 15 is 0 Å². The third-order valence-corrected chi connectivity index (χ3v) is 13.6. The first kappa shape index (κ1) is 32.9. The van der Waals surface area contributed by atoms with Crippen LogP contribution < -0.4 is 0 Å². The minimum absolute atomic E-state index is 0.906. The summed E-state index contributed by atoms with van der Waals surface area (Å²) in [4.78, 5) is 0. The Morgan fingerprint density at radius 3 is 1.25 bits per heavy atom. The molecule has 280 valence electrons. The van der Waals surface area contributed by atoms with Crippen LogP contribution in [-0.2, 0) is 0 Å². The van der Waals surface area contributed by atoms with Gasteiger partial charge in [-0.05, 0) is 133 Å². The first-order valence-corrected chi connectivity index (χ1v) is 21.1. The van der Waals surface area contributed by atoms with Gasteiger partial charge in [-0.15, -0.1) is 0 Å². The van der Waals surface area contributed by atoms with E-state index in [1.807, 2.05) is 0 Å². The molecule has 61 heavy (non-hydrogen) atoms. The van der Waals surface area contributed by atoms with Crippen LogP contribution in [-0.4, -0.2) is 0 Å². The van der Waals surface area contributed by atoms with E-state index in [-0.39, 0.29) is 0 Å². The van der Waals surface area contributed by atoms with Crippen LogP contribution in [0.2, 0.25) is 0 Å². The number of rotatable bonds is 4. The van der Waals surface area contributed by atoms with Crippen LogP contribution in [0.5, 0.6) is 0 Å². The Labute approximate surface area is 351 Å². The minimum atomic E-state index is 0.906. The summed E-state index contributed by atoms with van der Waals surface area (Å²) < 4.78 is 6.72. The largest absolute Gasteiger partial charge is 0.455 e. The Bertz CT molecular complexity index is 4040. The summed E-state index contributed by atoms with van der Waals surface area (Å²) in [5, 5.41) is 20.4. The van der Waals surface area contributed by atoms with Crippen LogP contribution in [0.15, 0.2) is 211 Å². The molecule has 0 amide bonds. The molecule has 0 spiro atoms. The third kappa shape index (κ3) is 4.72. The van der Waals surface area contributed by atoms with E-state index in [1.54, 1.807) is 0 Å². The fraction of sp³-hybridized carbons (Fsp3) is 0. The smallest absolute Gasteiger partial charge is 0.143 e. The molecule has 0 fully saturated rings. The van der Waals surface area contributed by atoms with E-state index in [1.165, 1.54) is 109 Å². The Morgan fingerprint density at radius 1 is 0.230 bits per heavy atom. The van der Waals surface area contributed by atoms with Gasteiger partial charge in [0.15, 0.2) is 0 Å². The van der Waals surface area contributed by atoms with Crippen LogP contribution in [0, 0.1) is 0 Å². The number of hydrogen-bond donors (Lipinski definition) is 0. The minimum Gasteiger partial charge on any atom is -0.455 e. The normalized spacial score (nSPS) is 12.3. The van der Waals surface area contributed by atoms with E-state index in [9.17, 15) is 0 Å². The van der Waals surface area contributed by atoms with Gasteiger partial charge in [0, 0.05) is 16.3 Å². The molecule has 0 saturated heterocycles. The lowest BCUT2D eigenvalue weighted by molar-refractivity contribution is 0.670. The summed E-state index contributed by atoms with van der Waals surface area (Å²) in [7, 11) is 0. The Balaban J connectivity index is 0.881. The molecule has 0 aliphatic rings. The molecule has 0 radical (unpaired) electrons. The van der Waals surface area contributed by atoms with Gasteiger partial charge in [0.25, 0.3) is 0 Å². The van der Waals surface area contributed by atoms with E-state index in [2.05, 4.69) is 206 Å². The monoisotopic (exact) mass is 770 g/mol. The van der Waals surface area contributed by atoms with Crippen LogP contribution in [0.25, 0.3) is 142 Å². The predicted molar refractivity (Wildman–Crippen MR) is 260 cm³/mol. The highest BCUT2D eigenvalue weighted by Gasteiger charge is 2.19. The van der Waals surface area contributed by atoms with Crippen LogP contribution in [0.4, 0.5) is 0 Å². The van der Waals surface area contributed by atoms with Crippen molar-refractivity contribution in [2.75, 3.05) is 0 Å². The van der Waals surface area contributed by atoms with Crippen molar-refractivity contribution in [3.8, 4) is 44.5 Å². The molecule has 13 aromatic carbocycles. The molecule has 1 heteroatoms. The fourth-order valence-corrected chi connectivity index (χ4v) is 10.7. The number of fused-ring (bicyclic) bond motifs is 5. The highest BCUT2D eigenvalue weighted by molar-refractivity contribution is 6.27. The Hall–Kier alpha value is -8.00. The molecule has 0 N–H and O–H groups in total. The number of para-hydroxylation sites is 1. The fourth-order valence-electron chi connectivity index (χ4n) is 10.7. The van der Waals surface area contributed by atoms with Crippen molar-refractivity contribution in [2.24, 2.45) is 0 Å². The Kier molecular flexibility index (Phi) is 6.62. The molecule has 0 aliphatic carbocycles. The maximum atomic E-state index is 6.72. The van der Waals surface area contributed by atoms with Gasteiger partial charge in [-0.2, -0.15) is 0 Å². The molecule has 0 aliphatic heterocycles. The number of benzene rings is 13. The SMILES string of the molecule is c1cc2ccc3ccc(-c4ccc(-c5ccc6c(c5)cc(-c5ccc(-c7ccc8ccc9cccc%10ccc7c8c9%10)cc5)c5oc7ccccc7c56)cc4)c4ccc(c1)c2c34. The average Bonchev–Trinajstić information content (AvgIpc) is 3.72. The van der Waals surface area contributed by atoms with Gasteiger partial charge < -0.3 is 4.42 Å². The highest BCUT2D eigenvalue weighted by atomic mass is 16.3. The molecular formula is C60H34O. The molecule has 1 heterocycles. The molecule has 0 unspecified atom stereocenters. The van der Waals surface area contributed by atoms with Crippen LogP contribution in [0.1, 0.15) is 0 Å². The zero-order valence-corrected chi connectivity index (χ0v) is 33.0. The second-order valence-electron chi connectivity index (χ2n) is 16.8. The van der Waals surface area contributed by atoms with Crippen molar-refractivity contribution in [1.29, 1.82) is 0 Å². The van der Waals surface area contributed by atoms with Gasteiger partial charge in [0.2, 0.25) is 0 Å². The van der Waals surface area contributed by atoms with Crippen molar-refractivity contribution >= 4 is 97.3 Å². The molecule has 14 aromatic rings. The van der Waals surface area contributed by atoms with E-state index in [4.69, 9.17) is 4.42 Å². The van der Waals surface area contributed by atoms with Gasteiger partial charge in [-0.3, -0.25) is 0 Å². The summed E-state index contributed by atoms with van der Waals surface area (Å²) >= 11 is 0. The summed E-state index contributed by atoms with van der Waals surface area (Å²) in [6.07, 6.45) is 0. The van der Waals surface area contributed by atoms with Gasteiger partial charge in [0.05, 0.1) is 0 Å². The average molecular weight is 771 g/mol. The van der Waals surface area contributed by atoms with E-state index in [0.29, 0.717) is 0 Å². The van der Waals surface area contributed by atoms with Crippen molar-refractivity contribution < 1.29 is 4.42 Å². The number of furan rings is 1.